The van der Waals surface area contributed by atoms with Gasteiger partial charge in [0.05, 0.1) is 30.5 Å². The number of urea groups is 1. The first kappa shape index (κ1) is 28.4. The monoisotopic (exact) mass is 571 g/mol. The van der Waals surface area contributed by atoms with Gasteiger partial charge in [0.15, 0.2) is 11.4 Å². The van der Waals surface area contributed by atoms with Gasteiger partial charge in [-0.2, -0.15) is 0 Å². The molecule has 41 heavy (non-hydrogen) atoms. The van der Waals surface area contributed by atoms with E-state index in [1.165, 1.54) is 25.1 Å². The van der Waals surface area contributed by atoms with E-state index in [1.54, 1.807) is 4.90 Å². The fourth-order valence-electron chi connectivity index (χ4n) is 6.62. The molecule has 0 unspecified atom stereocenters. The minimum atomic E-state index is -2.73. The van der Waals surface area contributed by atoms with Crippen LogP contribution in [-0.4, -0.2) is 106 Å². The van der Waals surface area contributed by atoms with Crippen LogP contribution in [0.2, 0.25) is 0 Å². The number of primary amides is 1. The zero-order valence-electron chi connectivity index (χ0n) is 22.6. The number of nitrogens with zero attached hydrogens (tertiary/aromatic N) is 2. The molecular weight excluding hydrogens is 538 g/mol. The van der Waals surface area contributed by atoms with Crippen molar-refractivity contribution in [3.63, 3.8) is 0 Å². The van der Waals surface area contributed by atoms with Crippen molar-refractivity contribution in [2.75, 3.05) is 46.1 Å². The van der Waals surface area contributed by atoms with Crippen LogP contribution in [0.15, 0.2) is 23.0 Å². The standard InChI is InChI=1S/C27H33N5O9/c1-31(2)19-14-8-11-7-13-12(10-30-26(39)32-3-5-41-6-4-32)9-15(28)20(33)17(13)21(34)16(11)23(36)27(14,40)24(37)18(22(19)35)25(29)38/h9,11,14,19,33-34,37,40H,3-8,10,28H2,1-2H3,(H2,29,38)(H,30,39)/t11-,14-,19+,27-/m0/s1. The van der Waals surface area contributed by atoms with Gasteiger partial charge in [-0.15, -0.1) is 0 Å². The van der Waals surface area contributed by atoms with Crippen LogP contribution in [0.3, 0.4) is 0 Å². The molecule has 9 N–H and O–H groups in total. The van der Waals surface area contributed by atoms with Crippen LogP contribution in [0.4, 0.5) is 10.5 Å². The van der Waals surface area contributed by atoms with Crippen LogP contribution in [0, 0.1) is 11.8 Å². The number of anilines is 1. The van der Waals surface area contributed by atoms with Crippen molar-refractivity contribution >= 4 is 35.0 Å². The number of phenols is 1. The number of morpholine rings is 1. The number of Topliss-reactive ketones (excluding diaryl/α,β-unsaturated/α-hetero) is 2. The Balaban J connectivity index is 1.59. The van der Waals surface area contributed by atoms with E-state index in [1.807, 2.05) is 0 Å². The van der Waals surface area contributed by atoms with Crippen LogP contribution in [0.1, 0.15) is 23.1 Å². The number of likely N-dealkylation sites (N-methyl/N-ethyl adjacent to an activating group) is 1. The maximum absolute atomic E-state index is 13.9. The largest absolute Gasteiger partial charge is 0.508 e. The number of aliphatic hydroxyl groups excluding tert-OH is 2. The summed E-state index contributed by atoms with van der Waals surface area (Å²) in [7, 11) is 3.06. The SMILES string of the molecule is CN(C)[C@H]1C(=O)C(C(N)=O)=C(O)[C@@]2(O)C(=O)C3=C(O)c4c(O)c(N)cc(CNC(=O)N5CCOCC5)c4C[C@H]3C[C@@H]12. The lowest BCUT2D eigenvalue weighted by Crippen LogP contribution is -2.65. The third kappa shape index (κ3) is 4.21. The van der Waals surface area contributed by atoms with Gasteiger partial charge in [-0.3, -0.25) is 19.3 Å². The molecular formula is C27H33N5O9. The number of hydrogen-bond donors (Lipinski definition) is 7. The number of nitrogens with two attached hydrogens (primary N) is 2. The van der Waals surface area contributed by atoms with E-state index in [2.05, 4.69) is 5.32 Å². The minimum Gasteiger partial charge on any atom is -0.508 e. The number of nitrogen functional groups attached to an aromatic ring is 1. The van der Waals surface area contributed by atoms with Gasteiger partial charge in [-0.05, 0) is 50.0 Å². The molecule has 1 aromatic rings. The quantitative estimate of drug-likeness (QED) is 0.133. The Morgan fingerprint density at radius 1 is 1.20 bits per heavy atom. The van der Waals surface area contributed by atoms with Crippen LogP contribution in [0.25, 0.3) is 5.76 Å². The molecule has 1 aliphatic heterocycles. The van der Waals surface area contributed by atoms with Gasteiger partial charge in [-0.25, -0.2) is 4.79 Å². The molecule has 4 atom stereocenters. The summed E-state index contributed by atoms with van der Waals surface area (Å²) in [5.41, 5.74) is 8.19. The van der Waals surface area contributed by atoms with Crippen molar-refractivity contribution in [3.8, 4) is 5.75 Å². The molecule has 220 valence electrons. The molecule has 1 saturated carbocycles. The van der Waals surface area contributed by atoms with Crippen molar-refractivity contribution < 1.29 is 44.3 Å². The van der Waals surface area contributed by atoms with Gasteiger partial charge in [-0.1, -0.05) is 0 Å². The number of carbonyl (C=O) groups excluding carboxylic acids is 4. The minimum absolute atomic E-state index is 0.00392. The summed E-state index contributed by atoms with van der Waals surface area (Å²) >= 11 is 0. The Morgan fingerprint density at radius 3 is 2.46 bits per heavy atom. The molecule has 4 aliphatic rings. The summed E-state index contributed by atoms with van der Waals surface area (Å²) in [6.45, 7) is 1.69. The molecule has 1 heterocycles. The van der Waals surface area contributed by atoms with Crippen molar-refractivity contribution in [3.05, 3.63) is 39.7 Å². The Morgan fingerprint density at radius 2 is 1.85 bits per heavy atom. The van der Waals surface area contributed by atoms with E-state index in [9.17, 15) is 39.6 Å². The Hall–Kier alpha value is -4.14. The second-order valence-corrected chi connectivity index (χ2v) is 11.0. The van der Waals surface area contributed by atoms with Gasteiger partial charge in [0.1, 0.15) is 22.8 Å². The molecule has 3 aliphatic carbocycles. The first-order valence-corrected chi connectivity index (χ1v) is 13.2. The zero-order chi connectivity index (χ0) is 30.0. The van der Waals surface area contributed by atoms with Crippen LogP contribution in [-0.2, 0) is 32.1 Å². The predicted molar refractivity (Wildman–Crippen MR) is 143 cm³/mol. The van der Waals surface area contributed by atoms with E-state index < -0.39 is 63.8 Å². The molecule has 0 spiro atoms. The summed E-state index contributed by atoms with van der Waals surface area (Å²) in [6.07, 6.45) is 0.0433. The summed E-state index contributed by atoms with van der Waals surface area (Å²) in [6, 6.07) is -0.0301. The summed E-state index contributed by atoms with van der Waals surface area (Å²) in [4.78, 5) is 55.0. The second kappa shape index (κ2) is 10.0. The maximum Gasteiger partial charge on any atom is 0.317 e. The first-order chi connectivity index (χ1) is 19.3. The number of amides is 3. The van der Waals surface area contributed by atoms with E-state index in [4.69, 9.17) is 16.2 Å². The lowest BCUT2D eigenvalue weighted by Gasteiger charge is -2.50. The molecule has 1 aromatic carbocycles. The highest BCUT2D eigenvalue weighted by molar-refractivity contribution is 6.24. The smallest absolute Gasteiger partial charge is 0.317 e. The second-order valence-electron chi connectivity index (χ2n) is 11.0. The highest BCUT2D eigenvalue weighted by Gasteiger charge is 2.64. The normalized spacial score (nSPS) is 27.9. The van der Waals surface area contributed by atoms with Gasteiger partial charge in [0.2, 0.25) is 5.78 Å². The van der Waals surface area contributed by atoms with Crippen molar-refractivity contribution in [1.82, 2.24) is 15.1 Å². The van der Waals surface area contributed by atoms with Crippen LogP contribution in [0.5, 0.6) is 5.75 Å². The number of ether oxygens (including phenoxy) is 1. The number of aromatic hydroxyl groups is 1. The number of aliphatic hydroxyl groups is 3. The van der Waals surface area contributed by atoms with E-state index in [0.717, 1.165) is 0 Å². The summed E-state index contributed by atoms with van der Waals surface area (Å²) < 4.78 is 5.27. The molecule has 2 fully saturated rings. The van der Waals surface area contributed by atoms with Crippen molar-refractivity contribution in [2.45, 2.75) is 31.0 Å². The Kier molecular flexibility index (Phi) is 6.96. The number of rotatable bonds is 4. The lowest BCUT2D eigenvalue weighted by atomic mass is 9.57. The molecule has 5 rings (SSSR count). The third-order valence-electron chi connectivity index (χ3n) is 8.57. The molecule has 0 aromatic heterocycles. The van der Waals surface area contributed by atoms with E-state index in [0.29, 0.717) is 37.4 Å². The van der Waals surface area contributed by atoms with E-state index in [-0.39, 0.29) is 42.2 Å². The molecule has 0 radical (unpaired) electrons. The number of phenolic OH excluding ortho intramolecular Hbond substituents is 1. The maximum atomic E-state index is 13.9. The molecule has 3 amide bonds. The summed E-state index contributed by atoms with van der Waals surface area (Å²) in [5.74, 6) is -7.46. The lowest BCUT2D eigenvalue weighted by molar-refractivity contribution is -0.153. The Labute approximate surface area is 234 Å². The molecule has 0 bridgehead atoms. The number of benzene rings is 1. The van der Waals surface area contributed by atoms with Gasteiger partial charge in [0, 0.05) is 31.1 Å². The average Bonchev–Trinajstić information content (AvgIpc) is 2.91. The van der Waals surface area contributed by atoms with E-state index >= 15 is 0 Å². The highest BCUT2D eigenvalue weighted by Crippen LogP contribution is 2.53. The predicted octanol–water partition coefficient (Wildman–Crippen LogP) is -0.912. The third-order valence-corrected chi connectivity index (χ3v) is 8.57. The van der Waals surface area contributed by atoms with Crippen LogP contribution >= 0.6 is 0 Å². The van der Waals surface area contributed by atoms with Crippen molar-refractivity contribution in [2.24, 2.45) is 17.6 Å². The van der Waals surface area contributed by atoms with Gasteiger partial charge < -0.3 is 46.8 Å². The van der Waals surface area contributed by atoms with Crippen molar-refractivity contribution in [1.29, 1.82) is 0 Å². The summed E-state index contributed by atoms with van der Waals surface area (Å²) in [5, 5.41) is 47.7. The number of nitrogens with one attached hydrogen (secondary N) is 1. The number of ketones is 2. The molecule has 1 saturated heterocycles. The molecule has 14 nitrogen and oxygen atoms in total. The number of carbonyl (C=O) groups is 4. The Bertz CT molecular complexity index is 1430. The molecule has 14 heteroatoms. The highest BCUT2D eigenvalue weighted by atomic mass is 16.5. The number of fused-ring (bicyclic) bond motifs is 3. The zero-order valence-corrected chi connectivity index (χ0v) is 22.6. The topological polar surface area (TPSA) is 229 Å². The van der Waals surface area contributed by atoms with Gasteiger partial charge in [0.25, 0.3) is 5.91 Å². The first-order valence-electron chi connectivity index (χ1n) is 13.2. The van der Waals surface area contributed by atoms with Crippen LogP contribution < -0.4 is 16.8 Å². The fraction of sp³-hybridized carbons (Fsp3) is 0.481. The number of hydrogen-bond acceptors (Lipinski definition) is 11. The van der Waals surface area contributed by atoms with Gasteiger partial charge >= 0.3 is 6.03 Å². The average molecular weight is 572 g/mol. The fourth-order valence-corrected chi connectivity index (χ4v) is 6.62.